The first-order valence-electron chi connectivity index (χ1n) is 7.90. The maximum atomic E-state index is 13.0. The van der Waals surface area contributed by atoms with Gasteiger partial charge in [-0.05, 0) is 12.1 Å². The lowest BCUT2D eigenvalue weighted by Crippen LogP contribution is -2.33. The number of hydrogen-bond acceptors (Lipinski definition) is 6. The van der Waals surface area contributed by atoms with Gasteiger partial charge in [0.25, 0.3) is 5.69 Å². The van der Waals surface area contributed by atoms with Crippen molar-refractivity contribution in [2.45, 2.75) is 11.8 Å². The summed E-state index contributed by atoms with van der Waals surface area (Å²) in [6.45, 7) is 1.30. The average molecular weight is 382 g/mol. The molecule has 0 N–H and O–H groups in total. The van der Waals surface area contributed by atoms with E-state index in [-0.39, 0.29) is 39.1 Å². The van der Waals surface area contributed by atoms with Crippen LogP contribution in [0.3, 0.4) is 0 Å². The summed E-state index contributed by atoms with van der Waals surface area (Å²) >= 11 is 1.01. The molecular formula is C19H14N2O5S. The van der Waals surface area contributed by atoms with Gasteiger partial charge in [-0.1, -0.05) is 36.0 Å². The van der Waals surface area contributed by atoms with Gasteiger partial charge >= 0.3 is 0 Å². The van der Waals surface area contributed by atoms with Crippen LogP contribution in [0.15, 0.2) is 64.0 Å². The fourth-order valence-electron chi connectivity index (χ4n) is 2.65. The van der Waals surface area contributed by atoms with Crippen LogP contribution in [0, 0.1) is 10.1 Å². The first kappa shape index (κ1) is 18.5. The van der Waals surface area contributed by atoms with Gasteiger partial charge in [0, 0.05) is 42.1 Å². The zero-order chi connectivity index (χ0) is 19.7. The number of non-ortho nitro benzene ring substituents is 1. The van der Waals surface area contributed by atoms with Crippen molar-refractivity contribution in [1.82, 2.24) is 4.90 Å². The van der Waals surface area contributed by atoms with Crippen LogP contribution in [0.4, 0.5) is 5.69 Å². The van der Waals surface area contributed by atoms with Gasteiger partial charge in [0.05, 0.1) is 9.83 Å². The Labute approximate surface area is 158 Å². The Balaban J connectivity index is 2.10. The molecule has 0 atom stereocenters. The number of nitro groups is 1. The molecule has 0 saturated carbocycles. The van der Waals surface area contributed by atoms with Crippen molar-refractivity contribution in [1.29, 1.82) is 0 Å². The predicted molar refractivity (Wildman–Crippen MR) is 99.5 cm³/mol. The normalized spacial score (nSPS) is 13.4. The number of hydrogen-bond donors (Lipinski definition) is 0. The number of nitro benzene ring substituents is 1. The molecule has 0 fully saturated rings. The molecule has 8 heteroatoms. The number of likely N-dealkylation sites (N-methyl/N-ethyl adjacent to an activating group) is 1. The highest BCUT2D eigenvalue weighted by atomic mass is 32.2. The van der Waals surface area contributed by atoms with Crippen LogP contribution in [-0.4, -0.2) is 34.3 Å². The van der Waals surface area contributed by atoms with Crippen LogP contribution < -0.4 is 0 Å². The molecule has 0 aromatic heterocycles. The van der Waals surface area contributed by atoms with Gasteiger partial charge < -0.3 is 4.90 Å². The third-order valence-electron chi connectivity index (χ3n) is 4.13. The van der Waals surface area contributed by atoms with E-state index in [0.29, 0.717) is 4.90 Å². The van der Waals surface area contributed by atoms with E-state index in [9.17, 15) is 24.5 Å². The number of amides is 1. The minimum absolute atomic E-state index is 0.00885. The minimum atomic E-state index is -0.520. The quantitative estimate of drug-likeness (QED) is 0.593. The number of carbonyl (C=O) groups is 3. The fraction of sp³-hybridized carbons (Fsp3) is 0.105. The number of allylic oxidation sites excluding steroid dienone is 2. The van der Waals surface area contributed by atoms with E-state index in [1.54, 1.807) is 24.3 Å². The van der Waals surface area contributed by atoms with Crippen molar-refractivity contribution >= 4 is 34.9 Å². The fourth-order valence-corrected chi connectivity index (χ4v) is 3.69. The van der Waals surface area contributed by atoms with Crippen LogP contribution in [0.25, 0.3) is 0 Å². The molecule has 27 heavy (non-hydrogen) atoms. The second kappa shape index (κ2) is 7.16. The highest BCUT2D eigenvalue weighted by Crippen LogP contribution is 2.38. The van der Waals surface area contributed by atoms with Gasteiger partial charge in [0.15, 0.2) is 0 Å². The van der Waals surface area contributed by atoms with E-state index in [4.69, 9.17) is 0 Å². The van der Waals surface area contributed by atoms with Crippen molar-refractivity contribution in [3.05, 3.63) is 80.4 Å². The number of Topliss-reactive ketones (excluding diaryl/α,β-unsaturated/α-hetero) is 2. The van der Waals surface area contributed by atoms with Crippen molar-refractivity contribution in [2.24, 2.45) is 0 Å². The van der Waals surface area contributed by atoms with Crippen molar-refractivity contribution in [3.8, 4) is 0 Å². The number of carbonyl (C=O) groups excluding carboxylic acids is 3. The minimum Gasteiger partial charge on any atom is -0.311 e. The Hall–Kier alpha value is -3.26. The summed E-state index contributed by atoms with van der Waals surface area (Å²) in [7, 11) is 1.44. The molecule has 0 heterocycles. The van der Waals surface area contributed by atoms with Gasteiger partial charge in [0.2, 0.25) is 17.5 Å². The maximum absolute atomic E-state index is 13.0. The lowest BCUT2D eigenvalue weighted by atomic mass is 9.92. The number of rotatable bonds is 4. The van der Waals surface area contributed by atoms with Gasteiger partial charge in [-0.15, -0.1) is 0 Å². The van der Waals surface area contributed by atoms with E-state index in [1.165, 1.54) is 38.2 Å². The van der Waals surface area contributed by atoms with Crippen molar-refractivity contribution < 1.29 is 19.3 Å². The van der Waals surface area contributed by atoms with E-state index in [2.05, 4.69) is 0 Å². The Kier molecular flexibility index (Phi) is 4.91. The Morgan fingerprint density at radius 3 is 2.07 bits per heavy atom. The van der Waals surface area contributed by atoms with Crippen LogP contribution >= 0.6 is 11.8 Å². The standard InChI is InChI=1S/C19H14N2O5S/c1-11(22)20(2)16-17(23)14-5-3-4-6-15(14)18(24)19(16)27-13-9-7-12(8-10-13)21(25)26/h3-10H,1-2H3. The van der Waals surface area contributed by atoms with E-state index >= 15 is 0 Å². The molecule has 0 aliphatic heterocycles. The summed E-state index contributed by atoms with van der Waals surface area (Å²) < 4.78 is 0. The molecule has 0 spiro atoms. The lowest BCUT2D eigenvalue weighted by molar-refractivity contribution is -0.384. The van der Waals surface area contributed by atoms with Gasteiger partial charge in [-0.3, -0.25) is 24.5 Å². The molecule has 0 bridgehead atoms. The molecular weight excluding hydrogens is 368 g/mol. The van der Waals surface area contributed by atoms with Crippen molar-refractivity contribution in [3.63, 3.8) is 0 Å². The summed E-state index contributed by atoms with van der Waals surface area (Å²) in [5.74, 6) is -1.16. The largest absolute Gasteiger partial charge is 0.311 e. The molecule has 2 aromatic carbocycles. The maximum Gasteiger partial charge on any atom is 0.269 e. The Morgan fingerprint density at radius 2 is 1.56 bits per heavy atom. The Morgan fingerprint density at radius 1 is 1.00 bits per heavy atom. The molecule has 136 valence electrons. The van der Waals surface area contributed by atoms with Gasteiger partial charge in [0.1, 0.15) is 5.70 Å². The molecule has 0 radical (unpaired) electrons. The van der Waals surface area contributed by atoms with Crippen LogP contribution in [-0.2, 0) is 4.79 Å². The third-order valence-corrected chi connectivity index (χ3v) is 5.22. The number of thioether (sulfide) groups is 1. The topological polar surface area (TPSA) is 97.6 Å². The average Bonchev–Trinajstić information content (AvgIpc) is 2.66. The first-order valence-corrected chi connectivity index (χ1v) is 8.72. The van der Waals surface area contributed by atoms with E-state index in [0.717, 1.165) is 16.7 Å². The smallest absolute Gasteiger partial charge is 0.269 e. The van der Waals surface area contributed by atoms with Crippen LogP contribution in [0.2, 0.25) is 0 Å². The van der Waals surface area contributed by atoms with E-state index < -0.39 is 10.7 Å². The second-order valence-electron chi connectivity index (χ2n) is 5.81. The number of nitrogens with zero attached hydrogens (tertiary/aromatic N) is 2. The zero-order valence-electron chi connectivity index (χ0n) is 14.5. The SMILES string of the molecule is CC(=O)N(C)C1=C(Sc2ccc([N+](=O)[O-])cc2)C(=O)c2ccccc2C1=O. The molecule has 1 aliphatic rings. The predicted octanol–water partition coefficient (Wildman–Crippen LogP) is 3.46. The number of ketones is 2. The summed E-state index contributed by atoms with van der Waals surface area (Å²) in [6, 6.07) is 12.1. The van der Waals surface area contributed by atoms with E-state index in [1.807, 2.05) is 0 Å². The summed E-state index contributed by atoms with van der Waals surface area (Å²) in [4.78, 5) is 49.9. The highest BCUT2D eigenvalue weighted by molar-refractivity contribution is 8.04. The molecule has 7 nitrogen and oxygen atoms in total. The van der Waals surface area contributed by atoms with Crippen LogP contribution in [0.1, 0.15) is 27.6 Å². The summed E-state index contributed by atoms with van der Waals surface area (Å²) in [6.07, 6.45) is 0. The summed E-state index contributed by atoms with van der Waals surface area (Å²) in [5.41, 5.74) is 0.451. The molecule has 1 aliphatic carbocycles. The Bertz CT molecular complexity index is 1010. The third kappa shape index (κ3) is 3.39. The molecule has 3 rings (SSSR count). The zero-order valence-corrected chi connectivity index (χ0v) is 15.3. The lowest BCUT2D eigenvalue weighted by Gasteiger charge is -2.26. The summed E-state index contributed by atoms with van der Waals surface area (Å²) in [5, 5.41) is 10.8. The molecule has 1 amide bonds. The number of fused-ring (bicyclic) bond motifs is 1. The molecule has 0 saturated heterocycles. The number of benzene rings is 2. The van der Waals surface area contributed by atoms with Gasteiger partial charge in [-0.2, -0.15) is 0 Å². The molecule has 0 unspecified atom stereocenters. The monoisotopic (exact) mass is 382 g/mol. The van der Waals surface area contributed by atoms with Crippen molar-refractivity contribution in [2.75, 3.05) is 7.05 Å². The first-order chi connectivity index (χ1) is 12.8. The van der Waals surface area contributed by atoms with Crippen LogP contribution in [0.5, 0.6) is 0 Å². The van der Waals surface area contributed by atoms with Gasteiger partial charge in [-0.25, -0.2) is 0 Å². The highest BCUT2D eigenvalue weighted by Gasteiger charge is 2.35. The second-order valence-corrected chi connectivity index (χ2v) is 6.90. The molecule has 2 aromatic rings.